The Balaban J connectivity index is 1.61. The second-order valence-electron chi connectivity index (χ2n) is 6.27. The summed E-state index contributed by atoms with van der Waals surface area (Å²) < 4.78 is 25.0. The maximum Gasteiger partial charge on any atom is 0.407 e. The van der Waals surface area contributed by atoms with E-state index in [1.807, 2.05) is 0 Å². The first-order valence-electron chi connectivity index (χ1n) is 8.55. The highest BCUT2D eigenvalue weighted by molar-refractivity contribution is 5.68. The summed E-state index contributed by atoms with van der Waals surface area (Å²) >= 11 is 0. The molecule has 2 aromatic rings. The third-order valence-corrected chi connectivity index (χ3v) is 4.41. The average Bonchev–Trinajstić information content (AvgIpc) is 3.09. The van der Waals surface area contributed by atoms with Gasteiger partial charge in [-0.05, 0) is 18.2 Å². The van der Waals surface area contributed by atoms with E-state index >= 15 is 0 Å². The number of piperazine rings is 1. The predicted octanol–water partition coefficient (Wildman–Crippen LogP) is 2.30. The molecule has 3 rings (SSSR count). The fourth-order valence-corrected chi connectivity index (χ4v) is 3.00. The minimum absolute atomic E-state index is 0.00670. The topological polar surface area (TPSA) is 129 Å². The first kappa shape index (κ1) is 19.4. The summed E-state index contributed by atoms with van der Waals surface area (Å²) in [5, 5.41) is 25.9. The average molecular weight is 394 g/mol. The van der Waals surface area contributed by atoms with Crippen molar-refractivity contribution >= 4 is 12.2 Å². The van der Waals surface area contributed by atoms with E-state index in [0.29, 0.717) is 11.5 Å². The largest absolute Gasteiger partial charge is 0.490 e. The molecule has 0 unspecified atom stereocenters. The second-order valence-corrected chi connectivity index (χ2v) is 6.27. The van der Waals surface area contributed by atoms with Gasteiger partial charge in [0.1, 0.15) is 0 Å². The SMILES string of the molecule is Cc1nnc(-c2ccc(OCC[C@@H]3CN(C(=O)O)CCN3C(=O)O)c(F)c2)o1. The van der Waals surface area contributed by atoms with Crippen molar-refractivity contribution in [3.8, 4) is 17.2 Å². The van der Waals surface area contributed by atoms with Crippen molar-refractivity contribution in [2.45, 2.75) is 19.4 Å². The predicted molar refractivity (Wildman–Crippen MR) is 92.7 cm³/mol. The molecule has 1 aliphatic heterocycles. The van der Waals surface area contributed by atoms with Gasteiger partial charge < -0.3 is 29.2 Å². The summed E-state index contributed by atoms with van der Waals surface area (Å²) in [6, 6.07) is 3.63. The molecule has 1 aromatic carbocycles. The highest BCUT2D eigenvalue weighted by Crippen LogP contribution is 2.25. The molecule has 10 nitrogen and oxygen atoms in total. The molecule has 1 atom stereocenters. The van der Waals surface area contributed by atoms with E-state index < -0.39 is 24.0 Å². The number of hydrogen-bond acceptors (Lipinski definition) is 6. The number of aromatic nitrogens is 2. The number of amides is 2. The quantitative estimate of drug-likeness (QED) is 0.790. The molecular formula is C17H19FN4O6. The molecule has 0 aliphatic carbocycles. The first-order valence-corrected chi connectivity index (χ1v) is 8.55. The Morgan fingerprint density at radius 3 is 2.68 bits per heavy atom. The van der Waals surface area contributed by atoms with Crippen LogP contribution in [0.1, 0.15) is 12.3 Å². The maximum absolute atomic E-state index is 14.3. The van der Waals surface area contributed by atoms with E-state index in [4.69, 9.17) is 14.3 Å². The fourth-order valence-electron chi connectivity index (χ4n) is 3.00. The fraction of sp³-hybridized carbons (Fsp3) is 0.412. The van der Waals surface area contributed by atoms with Crippen molar-refractivity contribution in [2.75, 3.05) is 26.2 Å². The maximum atomic E-state index is 14.3. The van der Waals surface area contributed by atoms with Gasteiger partial charge in [0.2, 0.25) is 11.8 Å². The summed E-state index contributed by atoms with van der Waals surface area (Å²) in [6.07, 6.45) is -2.01. The Kier molecular flexibility index (Phi) is 5.62. The summed E-state index contributed by atoms with van der Waals surface area (Å²) in [5.41, 5.74) is 0.409. The lowest BCUT2D eigenvalue weighted by Crippen LogP contribution is -2.56. The van der Waals surface area contributed by atoms with Crippen molar-refractivity contribution in [1.82, 2.24) is 20.0 Å². The summed E-state index contributed by atoms with van der Waals surface area (Å²) in [4.78, 5) is 24.8. The number of carbonyl (C=O) groups is 2. The Morgan fingerprint density at radius 2 is 2.07 bits per heavy atom. The summed E-state index contributed by atoms with van der Waals surface area (Å²) in [5.74, 6) is -0.0790. The number of hydrogen-bond donors (Lipinski definition) is 2. The van der Waals surface area contributed by atoms with E-state index in [0.717, 1.165) is 4.90 Å². The Morgan fingerprint density at radius 1 is 1.29 bits per heavy atom. The van der Waals surface area contributed by atoms with Crippen LogP contribution in [0.25, 0.3) is 11.5 Å². The van der Waals surface area contributed by atoms with Crippen LogP contribution in [-0.2, 0) is 0 Å². The van der Waals surface area contributed by atoms with Crippen molar-refractivity contribution in [3.63, 3.8) is 0 Å². The van der Waals surface area contributed by atoms with Gasteiger partial charge in [0, 0.05) is 38.5 Å². The Hall–Kier alpha value is -3.37. The van der Waals surface area contributed by atoms with Crippen LogP contribution in [0.3, 0.4) is 0 Å². The Bertz CT molecular complexity index is 873. The van der Waals surface area contributed by atoms with Crippen LogP contribution in [0.4, 0.5) is 14.0 Å². The van der Waals surface area contributed by atoms with Crippen LogP contribution in [0.15, 0.2) is 22.6 Å². The molecule has 1 saturated heterocycles. The molecule has 0 radical (unpaired) electrons. The van der Waals surface area contributed by atoms with E-state index in [1.54, 1.807) is 13.0 Å². The molecule has 11 heteroatoms. The number of nitrogens with zero attached hydrogens (tertiary/aromatic N) is 4. The van der Waals surface area contributed by atoms with Gasteiger partial charge in [-0.15, -0.1) is 10.2 Å². The molecule has 0 spiro atoms. The Labute approximate surface area is 159 Å². The molecule has 1 aliphatic rings. The molecule has 28 heavy (non-hydrogen) atoms. The number of ether oxygens (including phenoxy) is 1. The van der Waals surface area contributed by atoms with Crippen molar-refractivity contribution in [2.24, 2.45) is 0 Å². The molecule has 2 amide bonds. The van der Waals surface area contributed by atoms with Crippen LogP contribution >= 0.6 is 0 Å². The monoisotopic (exact) mass is 394 g/mol. The highest BCUT2D eigenvalue weighted by atomic mass is 19.1. The van der Waals surface area contributed by atoms with Gasteiger partial charge in [-0.25, -0.2) is 14.0 Å². The molecule has 2 heterocycles. The molecular weight excluding hydrogens is 375 g/mol. The van der Waals surface area contributed by atoms with Crippen LogP contribution < -0.4 is 4.74 Å². The van der Waals surface area contributed by atoms with Crippen LogP contribution in [0, 0.1) is 12.7 Å². The molecule has 0 bridgehead atoms. The van der Waals surface area contributed by atoms with Gasteiger partial charge in [0.15, 0.2) is 11.6 Å². The van der Waals surface area contributed by atoms with E-state index in [1.165, 1.54) is 17.0 Å². The van der Waals surface area contributed by atoms with Crippen LogP contribution in [0.2, 0.25) is 0 Å². The summed E-state index contributed by atoms with van der Waals surface area (Å²) in [7, 11) is 0. The number of aryl methyl sites for hydroxylation is 1. The van der Waals surface area contributed by atoms with Gasteiger partial charge in [0.25, 0.3) is 0 Å². The number of rotatable bonds is 5. The van der Waals surface area contributed by atoms with E-state index in [9.17, 15) is 19.1 Å². The van der Waals surface area contributed by atoms with Gasteiger partial charge in [-0.3, -0.25) is 0 Å². The van der Waals surface area contributed by atoms with Gasteiger partial charge >= 0.3 is 12.2 Å². The molecule has 1 aromatic heterocycles. The van der Waals surface area contributed by atoms with Crippen molar-refractivity contribution < 1.29 is 33.3 Å². The zero-order valence-corrected chi connectivity index (χ0v) is 15.0. The van der Waals surface area contributed by atoms with Crippen LogP contribution in [0.5, 0.6) is 5.75 Å². The lowest BCUT2D eigenvalue weighted by Gasteiger charge is -2.38. The normalized spacial score (nSPS) is 16.9. The standard InChI is InChI=1S/C17H19FN4O6/c1-10-19-20-15(28-10)11-2-3-14(13(18)8-11)27-7-4-12-9-21(16(23)24)5-6-22(12)17(25)26/h2-3,8,12H,4-7,9H2,1H3,(H,23,24)(H,25,26)/t12-/m1/s1. The molecule has 0 saturated carbocycles. The smallest absolute Gasteiger partial charge is 0.407 e. The third-order valence-electron chi connectivity index (χ3n) is 4.41. The van der Waals surface area contributed by atoms with Gasteiger partial charge in [0.05, 0.1) is 12.6 Å². The molecule has 1 fully saturated rings. The second kappa shape index (κ2) is 8.11. The van der Waals surface area contributed by atoms with Crippen LogP contribution in [-0.4, -0.2) is 74.7 Å². The molecule has 2 N–H and O–H groups in total. The highest BCUT2D eigenvalue weighted by Gasteiger charge is 2.32. The lowest BCUT2D eigenvalue weighted by molar-refractivity contribution is 0.0560. The number of carboxylic acid groups (broad SMARTS) is 2. The minimum atomic E-state index is -1.12. The zero-order chi connectivity index (χ0) is 20.3. The zero-order valence-electron chi connectivity index (χ0n) is 15.0. The third kappa shape index (κ3) is 4.30. The number of halogens is 1. The first-order chi connectivity index (χ1) is 13.3. The number of benzene rings is 1. The summed E-state index contributed by atoms with van der Waals surface area (Å²) in [6.45, 7) is 1.89. The lowest BCUT2D eigenvalue weighted by atomic mass is 10.1. The van der Waals surface area contributed by atoms with E-state index in [-0.39, 0.29) is 44.3 Å². The van der Waals surface area contributed by atoms with Gasteiger partial charge in [-0.1, -0.05) is 0 Å². The molecule has 150 valence electrons. The van der Waals surface area contributed by atoms with Gasteiger partial charge in [-0.2, -0.15) is 0 Å². The minimum Gasteiger partial charge on any atom is -0.490 e. The van der Waals surface area contributed by atoms with Crippen molar-refractivity contribution in [1.29, 1.82) is 0 Å². The van der Waals surface area contributed by atoms with Crippen molar-refractivity contribution in [3.05, 3.63) is 29.9 Å². The van der Waals surface area contributed by atoms with E-state index in [2.05, 4.69) is 10.2 Å².